The summed E-state index contributed by atoms with van der Waals surface area (Å²) in [4.78, 5) is 18.6. The van der Waals surface area contributed by atoms with Gasteiger partial charge in [0.25, 0.3) is 0 Å². The van der Waals surface area contributed by atoms with Gasteiger partial charge in [-0.2, -0.15) is 0 Å². The van der Waals surface area contributed by atoms with Crippen molar-refractivity contribution in [2.75, 3.05) is 20.3 Å². The maximum atomic E-state index is 14.1. The minimum atomic E-state index is -1.25. The van der Waals surface area contributed by atoms with E-state index in [0.717, 1.165) is 6.20 Å². The van der Waals surface area contributed by atoms with Crippen molar-refractivity contribution in [3.63, 3.8) is 0 Å². The van der Waals surface area contributed by atoms with Crippen molar-refractivity contribution in [1.82, 2.24) is 15.3 Å². The highest BCUT2D eigenvalue weighted by Crippen LogP contribution is 2.27. The Kier molecular flexibility index (Phi) is 4.49. The van der Waals surface area contributed by atoms with E-state index in [1.54, 1.807) is 12.1 Å². The predicted molar refractivity (Wildman–Crippen MR) is 71.9 cm³/mol. The number of fused-ring (bicyclic) bond motifs is 1. The van der Waals surface area contributed by atoms with Crippen LogP contribution in [0.3, 0.4) is 0 Å². The number of aliphatic hydroxyl groups is 1. The minimum absolute atomic E-state index is 0.107. The molecule has 1 amide bonds. The summed E-state index contributed by atoms with van der Waals surface area (Å²) in [5, 5.41) is 20.2. The van der Waals surface area contributed by atoms with Crippen molar-refractivity contribution >= 4 is 17.1 Å². The van der Waals surface area contributed by atoms with Crippen LogP contribution in [-0.2, 0) is 0 Å². The lowest BCUT2D eigenvalue weighted by molar-refractivity contribution is 0.190. The number of methoxy groups -OCH3 is 1. The first-order valence-electron chi connectivity index (χ1n) is 6.13. The molecule has 0 bridgehead atoms. The quantitative estimate of drug-likeness (QED) is 0.763. The van der Waals surface area contributed by atoms with Crippen LogP contribution >= 0.6 is 0 Å². The van der Waals surface area contributed by atoms with Gasteiger partial charge in [-0.3, -0.25) is 4.98 Å². The van der Waals surface area contributed by atoms with Gasteiger partial charge in [0.2, 0.25) is 5.88 Å². The highest BCUT2D eigenvalue weighted by atomic mass is 19.1. The molecule has 0 radical (unpaired) electrons. The SMILES string of the molecule is COc1ccc2ncc(F)c(C(CO)CNC(=O)O)c2n1. The molecule has 1 atom stereocenters. The third-order valence-electron chi connectivity index (χ3n) is 3.02. The van der Waals surface area contributed by atoms with Gasteiger partial charge in [-0.1, -0.05) is 0 Å². The normalized spacial score (nSPS) is 12.1. The summed E-state index contributed by atoms with van der Waals surface area (Å²) in [5.74, 6) is -1.15. The van der Waals surface area contributed by atoms with E-state index in [4.69, 9.17) is 9.84 Å². The third-order valence-corrected chi connectivity index (χ3v) is 3.02. The van der Waals surface area contributed by atoms with Gasteiger partial charge < -0.3 is 20.3 Å². The maximum Gasteiger partial charge on any atom is 0.404 e. The smallest absolute Gasteiger partial charge is 0.404 e. The van der Waals surface area contributed by atoms with Crippen molar-refractivity contribution in [1.29, 1.82) is 0 Å². The Labute approximate surface area is 119 Å². The van der Waals surface area contributed by atoms with Crippen molar-refractivity contribution in [2.45, 2.75) is 5.92 Å². The number of rotatable bonds is 5. The number of ether oxygens (including phenoxy) is 1. The summed E-state index contributed by atoms with van der Waals surface area (Å²) in [6.07, 6.45) is -0.229. The topological polar surface area (TPSA) is 105 Å². The molecule has 1 unspecified atom stereocenters. The molecule has 0 spiro atoms. The highest BCUT2D eigenvalue weighted by molar-refractivity contribution is 5.79. The summed E-state index contributed by atoms with van der Waals surface area (Å²) in [6, 6.07) is 3.20. The fourth-order valence-corrected chi connectivity index (χ4v) is 2.02. The molecule has 2 aromatic heterocycles. The maximum absolute atomic E-state index is 14.1. The molecule has 0 saturated carbocycles. The zero-order valence-electron chi connectivity index (χ0n) is 11.2. The van der Waals surface area contributed by atoms with Crippen molar-refractivity contribution in [2.24, 2.45) is 0 Å². The molecule has 0 saturated heterocycles. The molecule has 8 heteroatoms. The second-order valence-corrected chi connectivity index (χ2v) is 4.31. The van der Waals surface area contributed by atoms with Crippen LogP contribution in [0, 0.1) is 5.82 Å². The van der Waals surface area contributed by atoms with Crippen molar-refractivity contribution in [3.05, 3.63) is 29.7 Å². The second-order valence-electron chi connectivity index (χ2n) is 4.31. The van der Waals surface area contributed by atoms with Crippen LogP contribution < -0.4 is 10.1 Å². The highest BCUT2D eigenvalue weighted by Gasteiger charge is 2.21. The Morgan fingerprint density at radius 3 is 2.90 bits per heavy atom. The molecule has 3 N–H and O–H groups in total. The van der Waals surface area contributed by atoms with Crippen LogP contribution in [0.4, 0.5) is 9.18 Å². The number of pyridine rings is 2. The first kappa shape index (κ1) is 14.9. The average Bonchev–Trinajstić information content (AvgIpc) is 2.48. The van der Waals surface area contributed by atoms with Gasteiger partial charge in [-0.25, -0.2) is 14.2 Å². The van der Waals surface area contributed by atoms with Gasteiger partial charge in [-0.15, -0.1) is 0 Å². The lowest BCUT2D eigenvalue weighted by Gasteiger charge is -2.17. The van der Waals surface area contributed by atoms with Crippen LogP contribution in [-0.4, -0.2) is 46.5 Å². The number of nitrogens with zero attached hydrogens (tertiary/aromatic N) is 2. The molecule has 21 heavy (non-hydrogen) atoms. The molecule has 0 aliphatic carbocycles. The van der Waals surface area contributed by atoms with Gasteiger partial charge in [0.15, 0.2) is 0 Å². The van der Waals surface area contributed by atoms with Crippen molar-refractivity contribution in [3.8, 4) is 5.88 Å². The van der Waals surface area contributed by atoms with E-state index in [1.165, 1.54) is 7.11 Å². The number of hydrogen-bond acceptors (Lipinski definition) is 5. The van der Waals surface area contributed by atoms with Crippen LogP contribution in [0.15, 0.2) is 18.3 Å². The van der Waals surface area contributed by atoms with Crippen LogP contribution in [0.1, 0.15) is 11.5 Å². The number of nitrogens with one attached hydrogen (secondary N) is 1. The fourth-order valence-electron chi connectivity index (χ4n) is 2.02. The van der Waals surface area contributed by atoms with Crippen molar-refractivity contribution < 1.29 is 24.1 Å². The number of aromatic nitrogens is 2. The van der Waals surface area contributed by atoms with Gasteiger partial charge in [0.1, 0.15) is 5.82 Å². The molecule has 0 aromatic carbocycles. The van der Waals surface area contributed by atoms with E-state index < -0.39 is 24.4 Å². The minimum Gasteiger partial charge on any atom is -0.481 e. The fraction of sp³-hybridized carbons (Fsp3) is 0.308. The van der Waals surface area contributed by atoms with Crippen LogP contribution in [0.2, 0.25) is 0 Å². The van der Waals surface area contributed by atoms with E-state index >= 15 is 0 Å². The molecule has 2 rings (SSSR count). The van der Waals surface area contributed by atoms with E-state index in [1.807, 2.05) is 0 Å². The Hall–Kier alpha value is -2.48. The van der Waals surface area contributed by atoms with Crippen LogP contribution in [0.5, 0.6) is 5.88 Å². The summed E-state index contributed by atoms with van der Waals surface area (Å²) in [7, 11) is 1.43. The van der Waals surface area contributed by atoms with Gasteiger partial charge in [0.05, 0.1) is 30.9 Å². The zero-order chi connectivity index (χ0) is 15.4. The molecule has 0 aliphatic rings. The molecule has 0 aliphatic heterocycles. The van der Waals surface area contributed by atoms with Gasteiger partial charge >= 0.3 is 6.09 Å². The number of aliphatic hydroxyl groups excluding tert-OH is 1. The third kappa shape index (κ3) is 3.16. The standard InChI is InChI=1S/C13H14FN3O4/c1-21-10-3-2-9-12(17-10)11(8(14)5-15-9)7(6-18)4-16-13(19)20/h2-3,5,7,16,18H,4,6H2,1H3,(H,19,20). The number of hydrogen-bond donors (Lipinski definition) is 3. The number of halogens is 1. The molecule has 2 heterocycles. The zero-order valence-corrected chi connectivity index (χ0v) is 11.2. The summed E-state index contributed by atoms with van der Waals surface area (Å²) < 4.78 is 19.1. The Bertz CT molecular complexity index is 665. The summed E-state index contributed by atoms with van der Waals surface area (Å²) in [5.41, 5.74) is 0.775. The summed E-state index contributed by atoms with van der Waals surface area (Å²) >= 11 is 0. The number of carbonyl (C=O) groups is 1. The Morgan fingerprint density at radius 2 is 2.29 bits per heavy atom. The van der Waals surface area contributed by atoms with E-state index in [0.29, 0.717) is 5.52 Å². The second kappa shape index (κ2) is 6.31. The first-order valence-corrected chi connectivity index (χ1v) is 6.13. The average molecular weight is 295 g/mol. The van der Waals surface area contributed by atoms with E-state index in [9.17, 15) is 14.3 Å². The molecule has 7 nitrogen and oxygen atoms in total. The number of amides is 1. The molecule has 2 aromatic rings. The Balaban J connectivity index is 2.53. The summed E-state index contributed by atoms with van der Waals surface area (Å²) in [6.45, 7) is -0.573. The first-order chi connectivity index (χ1) is 10.1. The predicted octanol–water partition coefficient (Wildman–Crippen LogP) is 1.12. The molecule has 112 valence electrons. The Morgan fingerprint density at radius 1 is 1.52 bits per heavy atom. The van der Waals surface area contributed by atoms with Crippen LogP contribution in [0.25, 0.3) is 11.0 Å². The van der Waals surface area contributed by atoms with E-state index in [2.05, 4.69) is 15.3 Å². The lowest BCUT2D eigenvalue weighted by Crippen LogP contribution is -2.29. The van der Waals surface area contributed by atoms with Gasteiger partial charge in [-0.05, 0) is 6.07 Å². The largest absolute Gasteiger partial charge is 0.481 e. The monoisotopic (exact) mass is 295 g/mol. The van der Waals surface area contributed by atoms with E-state index in [-0.39, 0.29) is 23.5 Å². The molecular formula is C13H14FN3O4. The molecule has 0 fully saturated rings. The molecular weight excluding hydrogens is 281 g/mol. The number of carboxylic acid groups (broad SMARTS) is 1. The lowest BCUT2D eigenvalue weighted by atomic mass is 9.98. The van der Waals surface area contributed by atoms with Gasteiger partial charge in [0, 0.05) is 24.1 Å².